The van der Waals surface area contributed by atoms with Gasteiger partial charge < -0.3 is 15.4 Å². The van der Waals surface area contributed by atoms with E-state index in [-0.39, 0.29) is 5.41 Å². The average Bonchev–Trinajstić information content (AvgIpc) is 3.46. The number of hydrogen-bond acceptors (Lipinski definition) is 3. The number of rotatable bonds is 7. The van der Waals surface area contributed by atoms with Crippen LogP contribution < -0.4 is 15.4 Å². The maximum atomic E-state index is 5.09. The highest BCUT2D eigenvalue weighted by Crippen LogP contribution is 2.47. The van der Waals surface area contributed by atoms with Gasteiger partial charge in [-0.05, 0) is 30.9 Å². The van der Waals surface area contributed by atoms with Gasteiger partial charge in [-0.3, -0.25) is 0 Å². The van der Waals surface area contributed by atoms with Crippen LogP contribution in [-0.2, 0) is 12.0 Å². The van der Waals surface area contributed by atoms with Gasteiger partial charge in [0.05, 0.1) is 13.7 Å². The SMILES string of the molecule is CCNC(=NCc1ccc(OC)nc1)NCC1(c2ccccc2)CC1. The van der Waals surface area contributed by atoms with Crippen molar-refractivity contribution in [3.63, 3.8) is 0 Å². The monoisotopic (exact) mass is 338 g/mol. The van der Waals surface area contributed by atoms with E-state index in [0.29, 0.717) is 12.4 Å². The summed E-state index contributed by atoms with van der Waals surface area (Å²) in [6, 6.07) is 14.6. The third-order valence-corrected chi connectivity index (χ3v) is 4.60. The average molecular weight is 338 g/mol. The number of hydrogen-bond donors (Lipinski definition) is 2. The van der Waals surface area contributed by atoms with Crippen LogP contribution >= 0.6 is 0 Å². The zero-order valence-corrected chi connectivity index (χ0v) is 15.0. The van der Waals surface area contributed by atoms with Crippen LogP contribution in [0.1, 0.15) is 30.9 Å². The Hall–Kier alpha value is -2.56. The second-order valence-electron chi connectivity index (χ2n) is 6.40. The van der Waals surface area contributed by atoms with Crippen molar-refractivity contribution in [2.24, 2.45) is 4.99 Å². The zero-order valence-electron chi connectivity index (χ0n) is 15.0. The summed E-state index contributed by atoms with van der Waals surface area (Å²) < 4.78 is 5.09. The van der Waals surface area contributed by atoms with Crippen molar-refractivity contribution in [1.29, 1.82) is 0 Å². The molecule has 1 fully saturated rings. The Morgan fingerprint density at radius 1 is 1.16 bits per heavy atom. The molecule has 0 bridgehead atoms. The Morgan fingerprint density at radius 3 is 2.56 bits per heavy atom. The fourth-order valence-corrected chi connectivity index (χ4v) is 2.90. The molecule has 1 saturated carbocycles. The predicted octanol–water partition coefficient (Wildman–Crippen LogP) is 2.88. The highest BCUT2D eigenvalue weighted by Gasteiger charge is 2.43. The molecule has 0 aliphatic heterocycles. The van der Waals surface area contributed by atoms with E-state index in [0.717, 1.165) is 24.6 Å². The highest BCUT2D eigenvalue weighted by molar-refractivity contribution is 5.80. The lowest BCUT2D eigenvalue weighted by molar-refractivity contribution is 0.397. The smallest absolute Gasteiger partial charge is 0.212 e. The fraction of sp³-hybridized carbons (Fsp3) is 0.400. The Labute approximate surface area is 149 Å². The molecule has 1 aliphatic rings. The quantitative estimate of drug-likeness (QED) is 0.602. The van der Waals surface area contributed by atoms with Gasteiger partial charge in [0.25, 0.3) is 0 Å². The van der Waals surface area contributed by atoms with Crippen LogP contribution in [-0.4, -0.2) is 31.1 Å². The molecule has 0 saturated heterocycles. The number of nitrogens with one attached hydrogen (secondary N) is 2. The molecule has 132 valence electrons. The molecule has 0 spiro atoms. The molecule has 25 heavy (non-hydrogen) atoms. The van der Waals surface area contributed by atoms with E-state index in [4.69, 9.17) is 4.74 Å². The van der Waals surface area contributed by atoms with Crippen molar-refractivity contribution < 1.29 is 4.74 Å². The third-order valence-electron chi connectivity index (χ3n) is 4.60. The van der Waals surface area contributed by atoms with Gasteiger partial charge in [-0.1, -0.05) is 36.4 Å². The minimum Gasteiger partial charge on any atom is -0.481 e. The summed E-state index contributed by atoms with van der Waals surface area (Å²) in [5.41, 5.74) is 2.74. The number of methoxy groups -OCH3 is 1. The molecule has 0 unspecified atom stereocenters. The van der Waals surface area contributed by atoms with Crippen LogP contribution in [0.5, 0.6) is 5.88 Å². The summed E-state index contributed by atoms with van der Waals surface area (Å²) in [7, 11) is 1.62. The minimum atomic E-state index is 0.263. The van der Waals surface area contributed by atoms with E-state index < -0.39 is 0 Å². The Balaban J connectivity index is 1.61. The molecule has 2 aromatic rings. The minimum absolute atomic E-state index is 0.263. The molecule has 1 aliphatic carbocycles. The number of guanidine groups is 1. The molecule has 1 aromatic heterocycles. The van der Waals surface area contributed by atoms with Gasteiger partial charge in [0.15, 0.2) is 5.96 Å². The van der Waals surface area contributed by atoms with Crippen molar-refractivity contribution in [3.05, 3.63) is 59.8 Å². The molecule has 3 rings (SSSR count). The molecule has 0 atom stereocenters. The Kier molecular flexibility index (Phi) is 5.53. The first kappa shape index (κ1) is 17.3. The molecule has 2 N–H and O–H groups in total. The van der Waals surface area contributed by atoms with E-state index in [1.165, 1.54) is 18.4 Å². The molecule has 1 aromatic carbocycles. The molecule has 5 nitrogen and oxygen atoms in total. The van der Waals surface area contributed by atoms with Crippen molar-refractivity contribution in [3.8, 4) is 5.88 Å². The van der Waals surface area contributed by atoms with Crippen molar-refractivity contribution in [2.45, 2.75) is 31.7 Å². The lowest BCUT2D eigenvalue weighted by atomic mass is 9.96. The van der Waals surface area contributed by atoms with Gasteiger partial charge in [0.1, 0.15) is 0 Å². The molecular formula is C20H26N4O. The van der Waals surface area contributed by atoms with E-state index in [1.807, 2.05) is 12.1 Å². The van der Waals surface area contributed by atoms with Gasteiger partial charge >= 0.3 is 0 Å². The van der Waals surface area contributed by atoms with Gasteiger partial charge in [-0.25, -0.2) is 9.98 Å². The Bertz CT molecular complexity index is 693. The number of benzene rings is 1. The summed E-state index contributed by atoms with van der Waals surface area (Å²) >= 11 is 0. The lowest BCUT2D eigenvalue weighted by Crippen LogP contribution is -2.41. The molecule has 5 heteroatoms. The Morgan fingerprint density at radius 2 is 1.96 bits per heavy atom. The van der Waals surface area contributed by atoms with Gasteiger partial charge in [0, 0.05) is 30.8 Å². The van der Waals surface area contributed by atoms with Gasteiger partial charge in [-0.15, -0.1) is 0 Å². The maximum Gasteiger partial charge on any atom is 0.212 e. The second-order valence-corrected chi connectivity index (χ2v) is 6.40. The molecular weight excluding hydrogens is 312 g/mol. The largest absolute Gasteiger partial charge is 0.481 e. The number of ether oxygens (including phenoxy) is 1. The van der Waals surface area contributed by atoms with Crippen molar-refractivity contribution in [1.82, 2.24) is 15.6 Å². The van der Waals surface area contributed by atoms with Crippen LogP contribution in [0.15, 0.2) is 53.7 Å². The second kappa shape index (κ2) is 8.01. The normalized spacial score (nSPS) is 15.5. The van der Waals surface area contributed by atoms with Crippen molar-refractivity contribution >= 4 is 5.96 Å². The topological polar surface area (TPSA) is 58.5 Å². The van der Waals surface area contributed by atoms with E-state index in [2.05, 4.69) is 57.9 Å². The van der Waals surface area contributed by atoms with Crippen LogP contribution in [0.2, 0.25) is 0 Å². The third kappa shape index (κ3) is 4.50. The van der Waals surface area contributed by atoms with E-state index in [1.54, 1.807) is 13.3 Å². The lowest BCUT2D eigenvalue weighted by Gasteiger charge is -2.19. The highest BCUT2D eigenvalue weighted by atomic mass is 16.5. The van der Waals surface area contributed by atoms with Crippen LogP contribution in [0.4, 0.5) is 0 Å². The number of nitrogens with zero attached hydrogens (tertiary/aromatic N) is 2. The zero-order chi connectivity index (χ0) is 17.5. The maximum absolute atomic E-state index is 5.09. The summed E-state index contributed by atoms with van der Waals surface area (Å²) in [5, 5.41) is 6.83. The van der Waals surface area contributed by atoms with Gasteiger partial charge in [-0.2, -0.15) is 0 Å². The number of pyridine rings is 1. The summed E-state index contributed by atoms with van der Waals surface area (Å²) in [4.78, 5) is 8.90. The first-order valence-electron chi connectivity index (χ1n) is 8.82. The molecule has 0 amide bonds. The number of aromatic nitrogens is 1. The summed E-state index contributed by atoms with van der Waals surface area (Å²) in [5.74, 6) is 1.47. The standard InChI is InChI=1S/C20H26N4O/c1-3-21-19(23-14-16-9-10-18(25-2)22-13-16)24-15-20(11-12-20)17-7-5-4-6-8-17/h4-10,13H,3,11-12,14-15H2,1-2H3,(H2,21,23,24). The first-order valence-corrected chi connectivity index (χ1v) is 8.82. The summed E-state index contributed by atoms with van der Waals surface area (Å²) in [6.07, 6.45) is 4.26. The van der Waals surface area contributed by atoms with E-state index in [9.17, 15) is 0 Å². The van der Waals surface area contributed by atoms with Gasteiger partial charge in [0.2, 0.25) is 5.88 Å². The molecule has 1 heterocycles. The fourth-order valence-electron chi connectivity index (χ4n) is 2.90. The predicted molar refractivity (Wildman–Crippen MR) is 101 cm³/mol. The number of aliphatic imine (C=N–C) groups is 1. The van der Waals surface area contributed by atoms with Crippen LogP contribution in [0, 0.1) is 0 Å². The van der Waals surface area contributed by atoms with E-state index >= 15 is 0 Å². The van der Waals surface area contributed by atoms with Crippen LogP contribution in [0.25, 0.3) is 0 Å². The van der Waals surface area contributed by atoms with Crippen LogP contribution in [0.3, 0.4) is 0 Å². The van der Waals surface area contributed by atoms with Crippen molar-refractivity contribution in [2.75, 3.05) is 20.2 Å². The molecule has 0 radical (unpaired) electrons. The summed E-state index contributed by atoms with van der Waals surface area (Å²) in [6.45, 7) is 4.41. The first-order chi connectivity index (χ1) is 12.3.